The minimum Gasteiger partial charge on any atom is -0.271 e. The molecule has 0 aromatic carbocycles. The van der Waals surface area contributed by atoms with E-state index in [0.29, 0.717) is 5.79 Å². The Morgan fingerprint density at radius 2 is 1.00 bits per heavy atom. The molecule has 0 N–H and O–H groups in total. The molecule has 3 aliphatic rings. The monoisotopic (exact) mass is 153 g/mol. The Hall–Kier alpha value is -0.120. The molecule has 0 atom stereocenters. The van der Waals surface area contributed by atoms with Gasteiger partial charge in [-0.2, -0.15) is 0 Å². The molecular weight excluding hydrogens is 138 g/mol. The summed E-state index contributed by atoms with van der Waals surface area (Å²) in [7, 11) is 0. The van der Waals surface area contributed by atoms with Gasteiger partial charge in [-0.05, 0) is 6.92 Å². The summed E-state index contributed by atoms with van der Waals surface area (Å²) in [5, 5.41) is 0. The third-order valence-electron chi connectivity index (χ3n) is 3.72. The van der Waals surface area contributed by atoms with Crippen LogP contribution in [0.15, 0.2) is 0 Å². The summed E-state index contributed by atoms with van der Waals surface area (Å²) in [5.41, 5.74) is 0. The minimum atomic E-state index is 0.333. The maximum Gasteiger partial charge on any atom is 0.128 e. The van der Waals surface area contributed by atoms with E-state index >= 15 is 0 Å². The Balaban J connectivity index is 2.04. The molecule has 3 fully saturated rings. The Bertz CT molecular complexity index is 148. The highest BCUT2D eigenvalue weighted by Gasteiger charge is 2.54. The van der Waals surface area contributed by atoms with Crippen molar-refractivity contribution in [3.63, 3.8) is 0 Å². The predicted molar refractivity (Wildman–Crippen MR) is 43.1 cm³/mol. The van der Waals surface area contributed by atoms with Crippen molar-refractivity contribution >= 4 is 0 Å². The molecule has 0 spiro atoms. The van der Waals surface area contributed by atoms with Gasteiger partial charge in [0.1, 0.15) is 5.79 Å². The summed E-state index contributed by atoms with van der Waals surface area (Å²) in [6.45, 7) is 10.1. The van der Waals surface area contributed by atoms with E-state index in [2.05, 4.69) is 21.6 Å². The van der Waals surface area contributed by atoms with Crippen molar-refractivity contribution in [3.8, 4) is 0 Å². The molecule has 0 aromatic rings. The molecule has 3 aliphatic heterocycles. The van der Waals surface area contributed by atoms with Crippen molar-refractivity contribution in [3.05, 3.63) is 0 Å². The maximum absolute atomic E-state index is 2.61. The van der Waals surface area contributed by atoms with Gasteiger partial charge in [-0.1, -0.05) is 0 Å². The molecule has 0 saturated carbocycles. The van der Waals surface area contributed by atoms with Gasteiger partial charge >= 0.3 is 0 Å². The molecule has 3 heteroatoms. The number of nitrogens with zero attached hydrogens (tertiary/aromatic N) is 3. The molecule has 11 heavy (non-hydrogen) atoms. The van der Waals surface area contributed by atoms with Crippen molar-refractivity contribution in [2.75, 3.05) is 39.3 Å². The van der Waals surface area contributed by atoms with Gasteiger partial charge in [-0.25, -0.2) is 0 Å². The van der Waals surface area contributed by atoms with Crippen molar-refractivity contribution in [2.45, 2.75) is 12.7 Å². The van der Waals surface area contributed by atoms with Gasteiger partial charge in [0.2, 0.25) is 0 Å². The van der Waals surface area contributed by atoms with Crippen LogP contribution in [0.5, 0.6) is 0 Å². The van der Waals surface area contributed by atoms with E-state index in [4.69, 9.17) is 0 Å². The largest absolute Gasteiger partial charge is 0.271 e. The fraction of sp³-hybridized carbons (Fsp3) is 1.00. The van der Waals surface area contributed by atoms with Crippen LogP contribution in [0.1, 0.15) is 6.92 Å². The highest BCUT2D eigenvalue weighted by molar-refractivity contribution is 5.02. The first-order chi connectivity index (χ1) is 5.32. The Morgan fingerprint density at radius 3 is 1.27 bits per heavy atom. The second-order valence-electron chi connectivity index (χ2n) is 3.93. The van der Waals surface area contributed by atoms with Gasteiger partial charge in [0.25, 0.3) is 0 Å². The maximum atomic E-state index is 2.61. The topological polar surface area (TPSA) is 9.72 Å². The highest BCUT2D eigenvalue weighted by Crippen LogP contribution is 2.37. The molecule has 3 heterocycles. The summed E-state index contributed by atoms with van der Waals surface area (Å²) < 4.78 is 0. The lowest BCUT2D eigenvalue weighted by Crippen LogP contribution is -2.49. The van der Waals surface area contributed by atoms with E-state index in [-0.39, 0.29) is 0 Å². The smallest absolute Gasteiger partial charge is 0.128 e. The van der Waals surface area contributed by atoms with Gasteiger partial charge in [0, 0.05) is 39.3 Å². The quantitative estimate of drug-likeness (QED) is 0.469. The van der Waals surface area contributed by atoms with Crippen LogP contribution in [-0.4, -0.2) is 59.8 Å². The van der Waals surface area contributed by atoms with Crippen LogP contribution in [0.3, 0.4) is 0 Å². The van der Waals surface area contributed by atoms with Gasteiger partial charge in [0.05, 0.1) is 0 Å². The van der Waals surface area contributed by atoms with Crippen LogP contribution < -0.4 is 0 Å². The van der Waals surface area contributed by atoms with Crippen LogP contribution in [0.25, 0.3) is 0 Å². The van der Waals surface area contributed by atoms with Crippen molar-refractivity contribution < 1.29 is 0 Å². The molecule has 0 aromatic heterocycles. The van der Waals surface area contributed by atoms with Crippen LogP contribution in [0.2, 0.25) is 0 Å². The van der Waals surface area contributed by atoms with E-state index in [9.17, 15) is 0 Å². The average molecular weight is 153 g/mol. The highest BCUT2D eigenvalue weighted by atomic mass is 15.7. The first-order valence-electron chi connectivity index (χ1n) is 4.57. The van der Waals surface area contributed by atoms with Crippen molar-refractivity contribution in [1.29, 1.82) is 0 Å². The summed E-state index contributed by atoms with van der Waals surface area (Å²) in [6.07, 6.45) is 0. The van der Waals surface area contributed by atoms with Crippen molar-refractivity contribution in [1.82, 2.24) is 14.7 Å². The van der Waals surface area contributed by atoms with Gasteiger partial charge in [-0.3, -0.25) is 14.7 Å². The van der Waals surface area contributed by atoms with Crippen LogP contribution in [-0.2, 0) is 0 Å². The second kappa shape index (κ2) is 1.79. The Labute approximate surface area is 67.6 Å². The Morgan fingerprint density at radius 1 is 0.727 bits per heavy atom. The zero-order valence-corrected chi connectivity index (χ0v) is 7.08. The zero-order valence-electron chi connectivity index (χ0n) is 7.08. The third kappa shape index (κ3) is 0.567. The fourth-order valence-electron chi connectivity index (χ4n) is 2.93. The number of hydrogen-bond donors (Lipinski definition) is 0. The van der Waals surface area contributed by atoms with Crippen molar-refractivity contribution in [2.24, 2.45) is 0 Å². The second-order valence-corrected chi connectivity index (χ2v) is 3.93. The van der Waals surface area contributed by atoms with Gasteiger partial charge in [0.15, 0.2) is 0 Å². The molecule has 62 valence electrons. The summed E-state index contributed by atoms with van der Waals surface area (Å²) >= 11 is 0. The summed E-state index contributed by atoms with van der Waals surface area (Å²) in [4.78, 5) is 7.83. The third-order valence-corrected chi connectivity index (χ3v) is 3.72. The number of rotatable bonds is 0. The van der Waals surface area contributed by atoms with Crippen LogP contribution >= 0.6 is 0 Å². The molecule has 3 nitrogen and oxygen atoms in total. The molecule has 3 rings (SSSR count). The normalized spacial score (nSPS) is 36.8. The Kier molecular flexibility index (Phi) is 1.04. The lowest BCUT2D eigenvalue weighted by Gasteiger charge is -2.34. The number of hydrogen-bond acceptors (Lipinski definition) is 3. The lowest BCUT2D eigenvalue weighted by molar-refractivity contribution is 0.0121. The van der Waals surface area contributed by atoms with E-state index in [1.807, 2.05) is 0 Å². The molecule has 0 radical (unpaired) electrons. The van der Waals surface area contributed by atoms with E-state index < -0.39 is 0 Å². The first-order valence-corrected chi connectivity index (χ1v) is 4.57. The van der Waals surface area contributed by atoms with E-state index in [0.717, 1.165) is 0 Å². The molecule has 0 amide bonds. The SMILES string of the molecule is CC12N3CCN1CCN2CC3. The average Bonchev–Trinajstić information content (AvgIpc) is 2.53. The first kappa shape index (κ1) is 6.40. The molecule has 0 bridgehead atoms. The van der Waals surface area contributed by atoms with Crippen LogP contribution in [0.4, 0.5) is 0 Å². The van der Waals surface area contributed by atoms with Gasteiger partial charge in [-0.15, -0.1) is 0 Å². The predicted octanol–water partition coefficient (Wildman–Crippen LogP) is -0.393. The summed E-state index contributed by atoms with van der Waals surface area (Å²) in [5.74, 6) is 0.333. The lowest BCUT2D eigenvalue weighted by atomic mass is 10.4. The standard InChI is InChI=1S/C8H15N3/c1-8-9-2-3-10(8)6-7-11(8)5-4-9/h2-7H2,1H3. The molecule has 0 aliphatic carbocycles. The summed E-state index contributed by atoms with van der Waals surface area (Å²) in [6, 6.07) is 0. The van der Waals surface area contributed by atoms with E-state index in [1.54, 1.807) is 0 Å². The minimum absolute atomic E-state index is 0.333. The molecule has 3 saturated heterocycles. The van der Waals surface area contributed by atoms with E-state index in [1.165, 1.54) is 39.3 Å². The van der Waals surface area contributed by atoms with Gasteiger partial charge < -0.3 is 0 Å². The van der Waals surface area contributed by atoms with Crippen LogP contribution in [0, 0.1) is 0 Å². The molecule has 0 unspecified atom stereocenters. The molecular formula is C8H15N3. The zero-order chi connectivity index (χ0) is 7.47. The fourth-order valence-corrected chi connectivity index (χ4v) is 2.93.